The third-order valence-electron chi connectivity index (χ3n) is 3.30. The third kappa shape index (κ3) is 2.83. The summed E-state index contributed by atoms with van der Waals surface area (Å²) in [4.78, 5) is 0. The number of benzene rings is 2. The fourth-order valence-corrected chi connectivity index (χ4v) is 2.27. The van der Waals surface area contributed by atoms with Gasteiger partial charge in [-0.1, -0.05) is 41.6 Å². The van der Waals surface area contributed by atoms with Crippen molar-refractivity contribution < 1.29 is 4.39 Å². The Balaban J connectivity index is 2.04. The molecule has 0 aliphatic rings. The number of halogens is 1. The fraction of sp³-hybridized carbons (Fsp3) is 0.125. The lowest BCUT2D eigenvalue weighted by molar-refractivity contribution is 0.624. The van der Waals surface area contributed by atoms with Crippen molar-refractivity contribution in [2.45, 2.75) is 13.0 Å². The Bertz CT molecular complexity index is 737. The maximum atomic E-state index is 13.4. The Morgan fingerprint density at radius 1 is 1.05 bits per heavy atom. The number of rotatable bonds is 4. The molecule has 0 fully saturated rings. The standard InChI is InChI=1S/C16H15FN4/c17-13-7-4-8-14(10-13)21-16(15(11-18)19-20-21)9-12-5-2-1-3-6-12/h1-8,10H,9,11,18H2. The van der Waals surface area contributed by atoms with E-state index in [0.717, 1.165) is 17.0 Å². The topological polar surface area (TPSA) is 56.7 Å². The monoisotopic (exact) mass is 282 g/mol. The molecule has 3 rings (SSSR count). The average molecular weight is 282 g/mol. The first-order valence-corrected chi connectivity index (χ1v) is 6.71. The molecule has 0 aliphatic heterocycles. The van der Waals surface area contributed by atoms with Crippen LogP contribution < -0.4 is 5.73 Å². The molecule has 0 bridgehead atoms. The molecule has 1 heterocycles. The van der Waals surface area contributed by atoms with Gasteiger partial charge in [0.1, 0.15) is 11.5 Å². The number of nitrogens with zero attached hydrogens (tertiary/aromatic N) is 3. The van der Waals surface area contributed by atoms with E-state index >= 15 is 0 Å². The van der Waals surface area contributed by atoms with Crippen LogP contribution in [0.4, 0.5) is 4.39 Å². The quantitative estimate of drug-likeness (QED) is 0.799. The second kappa shape index (κ2) is 5.85. The number of hydrogen-bond acceptors (Lipinski definition) is 3. The van der Waals surface area contributed by atoms with E-state index in [4.69, 9.17) is 5.73 Å². The lowest BCUT2D eigenvalue weighted by atomic mass is 10.1. The molecule has 4 nitrogen and oxygen atoms in total. The zero-order chi connectivity index (χ0) is 14.7. The van der Waals surface area contributed by atoms with Gasteiger partial charge < -0.3 is 5.73 Å². The summed E-state index contributed by atoms with van der Waals surface area (Å²) < 4.78 is 15.1. The van der Waals surface area contributed by atoms with Gasteiger partial charge in [-0.15, -0.1) is 5.10 Å². The minimum atomic E-state index is -0.303. The summed E-state index contributed by atoms with van der Waals surface area (Å²) in [7, 11) is 0. The van der Waals surface area contributed by atoms with Crippen LogP contribution in [0, 0.1) is 5.82 Å². The van der Waals surface area contributed by atoms with Gasteiger partial charge in [0.15, 0.2) is 0 Å². The van der Waals surface area contributed by atoms with Crippen molar-refractivity contribution >= 4 is 0 Å². The molecule has 0 unspecified atom stereocenters. The first-order valence-electron chi connectivity index (χ1n) is 6.71. The number of hydrogen-bond donors (Lipinski definition) is 1. The van der Waals surface area contributed by atoms with E-state index in [1.807, 2.05) is 30.3 Å². The Morgan fingerprint density at radius 3 is 2.57 bits per heavy atom. The van der Waals surface area contributed by atoms with Gasteiger partial charge in [-0.25, -0.2) is 9.07 Å². The Labute approximate surface area is 122 Å². The molecule has 106 valence electrons. The molecule has 0 spiro atoms. The second-order valence-electron chi connectivity index (χ2n) is 4.74. The van der Waals surface area contributed by atoms with Crippen LogP contribution in [-0.2, 0) is 13.0 Å². The van der Waals surface area contributed by atoms with Gasteiger partial charge in [-0.05, 0) is 23.8 Å². The van der Waals surface area contributed by atoms with Gasteiger partial charge in [0, 0.05) is 13.0 Å². The highest BCUT2D eigenvalue weighted by Gasteiger charge is 2.14. The number of nitrogens with two attached hydrogens (primary N) is 1. The Kier molecular flexibility index (Phi) is 3.75. The minimum Gasteiger partial charge on any atom is -0.325 e. The third-order valence-corrected chi connectivity index (χ3v) is 3.30. The summed E-state index contributed by atoms with van der Waals surface area (Å²) >= 11 is 0. The summed E-state index contributed by atoms with van der Waals surface area (Å²) in [6.45, 7) is 0.303. The first-order chi connectivity index (χ1) is 10.3. The summed E-state index contributed by atoms with van der Waals surface area (Å²) in [6.07, 6.45) is 0.650. The number of aromatic nitrogens is 3. The summed E-state index contributed by atoms with van der Waals surface area (Å²) in [5.41, 5.74) is 9.12. The molecular weight excluding hydrogens is 267 g/mol. The first kappa shape index (κ1) is 13.5. The zero-order valence-corrected chi connectivity index (χ0v) is 11.4. The Morgan fingerprint density at radius 2 is 1.86 bits per heavy atom. The van der Waals surface area contributed by atoms with Crippen LogP contribution in [0.1, 0.15) is 17.0 Å². The van der Waals surface area contributed by atoms with Crippen LogP contribution in [-0.4, -0.2) is 15.0 Å². The van der Waals surface area contributed by atoms with Gasteiger partial charge in [0.05, 0.1) is 11.4 Å². The molecule has 21 heavy (non-hydrogen) atoms. The van der Waals surface area contributed by atoms with Crippen LogP contribution in [0.25, 0.3) is 5.69 Å². The van der Waals surface area contributed by atoms with E-state index in [0.29, 0.717) is 18.7 Å². The molecule has 0 saturated carbocycles. The maximum Gasteiger partial charge on any atom is 0.125 e. The molecule has 0 amide bonds. The zero-order valence-electron chi connectivity index (χ0n) is 11.4. The van der Waals surface area contributed by atoms with Crippen LogP contribution in [0.2, 0.25) is 0 Å². The lowest BCUT2D eigenvalue weighted by Crippen LogP contribution is -2.07. The highest BCUT2D eigenvalue weighted by Crippen LogP contribution is 2.17. The van der Waals surface area contributed by atoms with Gasteiger partial charge in [-0.2, -0.15) is 0 Å². The van der Waals surface area contributed by atoms with Gasteiger partial charge in [0.2, 0.25) is 0 Å². The molecule has 0 radical (unpaired) electrons. The van der Waals surface area contributed by atoms with E-state index in [2.05, 4.69) is 10.3 Å². The van der Waals surface area contributed by atoms with Crippen LogP contribution >= 0.6 is 0 Å². The van der Waals surface area contributed by atoms with Crippen molar-refractivity contribution in [3.8, 4) is 5.69 Å². The molecule has 5 heteroatoms. The molecule has 1 aromatic heterocycles. The molecule has 0 saturated heterocycles. The van der Waals surface area contributed by atoms with Crippen LogP contribution in [0.3, 0.4) is 0 Å². The van der Waals surface area contributed by atoms with Gasteiger partial charge >= 0.3 is 0 Å². The van der Waals surface area contributed by atoms with Gasteiger partial charge in [0.25, 0.3) is 0 Å². The molecule has 0 aliphatic carbocycles. The predicted octanol–water partition coefficient (Wildman–Crippen LogP) is 2.46. The summed E-state index contributed by atoms with van der Waals surface area (Å²) in [6, 6.07) is 16.3. The average Bonchev–Trinajstić information content (AvgIpc) is 2.91. The normalized spacial score (nSPS) is 10.8. The van der Waals surface area contributed by atoms with Crippen molar-refractivity contribution in [3.63, 3.8) is 0 Å². The van der Waals surface area contributed by atoms with Crippen molar-refractivity contribution in [2.24, 2.45) is 5.73 Å². The van der Waals surface area contributed by atoms with Crippen molar-refractivity contribution in [1.29, 1.82) is 0 Å². The van der Waals surface area contributed by atoms with E-state index in [9.17, 15) is 4.39 Å². The fourth-order valence-electron chi connectivity index (χ4n) is 2.27. The van der Waals surface area contributed by atoms with E-state index in [1.165, 1.54) is 12.1 Å². The van der Waals surface area contributed by atoms with Crippen LogP contribution in [0.5, 0.6) is 0 Å². The second-order valence-corrected chi connectivity index (χ2v) is 4.74. The smallest absolute Gasteiger partial charge is 0.125 e. The molecular formula is C16H15FN4. The molecule has 2 N–H and O–H groups in total. The molecule has 3 aromatic rings. The molecule has 0 atom stereocenters. The van der Waals surface area contributed by atoms with Crippen LogP contribution in [0.15, 0.2) is 54.6 Å². The van der Waals surface area contributed by atoms with E-state index < -0.39 is 0 Å². The molecule has 2 aromatic carbocycles. The summed E-state index contributed by atoms with van der Waals surface area (Å²) in [5.74, 6) is -0.303. The Hall–Kier alpha value is -2.53. The van der Waals surface area contributed by atoms with Crippen molar-refractivity contribution in [2.75, 3.05) is 0 Å². The van der Waals surface area contributed by atoms with Gasteiger partial charge in [-0.3, -0.25) is 0 Å². The largest absolute Gasteiger partial charge is 0.325 e. The summed E-state index contributed by atoms with van der Waals surface area (Å²) in [5, 5.41) is 8.22. The highest BCUT2D eigenvalue weighted by atomic mass is 19.1. The van der Waals surface area contributed by atoms with Crippen molar-refractivity contribution in [1.82, 2.24) is 15.0 Å². The predicted molar refractivity (Wildman–Crippen MR) is 78.5 cm³/mol. The SMILES string of the molecule is NCc1nnn(-c2cccc(F)c2)c1Cc1ccccc1. The van der Waals surface area contributed by atoms with Crippen molar-refractivity contribution in [3.05, 3.63) is 77.4 Å². The maximum absolute atomic E-state index is 13.4. The highest BCUT2D eigenvalue weighted by molar-refractivity contribution is 5.35. The van der Waals surface area contributed by atoms with E-state index in [-0.39, 0.29) is 5.82 Å². The lowest BCUT2D eigenvalue weighted by Gasteiger charge is -2.08. The van der Waals surface area contributed by atoms with E-state index in [1.54, 1.807) is 16.8 Å². The minimum absolute atomic E-state index is 0.303.